The van der Waals surface area contributed by atoms with Crippen LogP contribution < -0.4 is 10.5 Å². The molecule has 108 valence electrons. The molecular formula is C15H14BrN3OS. The third-order valence-corrected chi connectivity index (χ3v) is 4.08. The van der Waals surface area contributed by atoms with Crippen LogP contribution in [0.1, 0.15) is 29.7 Å². The number of nitrogens with zero attached hydrogens (tertiary/aromatic N) is 2. The Morgan fingerprint density at radius 3 is 2.81 bits per heavy atom. The summed E-state index contributed by atoms with van der Waals surface area (Å²) in [7, 11) is 0. The minimum Gasteiger partial charge on any atom is -0.437 e. The number of pyridine rings is 2. The van der Waals surface area contributed by atoms with Gasteiger partial charge in [0.1, 0.15) is 10.7 Å². The molecule has 0 saturated heterocycles. The molecule has 0 spiro atoms. The standard InChI is InChI=1S/C15H14BrN3OS/c16-10-6-11(8-18-7-10)20-15-12(14(17)21)5-9-3-1-2-4-13(9)19-15/h5-8H,1-4H2,(H2,17,21). The minimum atomic E-state index is 0.300. The van der Waals surface area contributed by atoms with Gasteiger partial charge in [-0.1, -0.05) is 12.2 Å². The lowest BCUT2D eigenvalue weighted by atomic mass is 9.95. The molecule has 2 N–H and O–H groups in total. The summed E-state index contributed by atoms with van der Waals surface area (Å²) in [5.74, 6) is 1.06. The number of halogens is 1. The van der Waals surface area contributed by atoms with Crippen LogP contribution in [0.4, 0.5) is 0 Å². The second kappa shape index (κ2) is 6.07. The second-order valence-electron chi connectivity index (χ2n) is 4.96. The van der Waals surface area contributed by atoms with Crippen molar-refractivity contribution in [2.75, 3.05) is 0 Å². The lowest BCUT2D eigenvalue weighted by molar-refractivity contribution is 0.454. The molecule has 0 aliphatic heterocycles. The van der Waals surface area contributed by atoms with E-state index in [0.29, 0.717) is 22.2 Å². The molecule has 4 nitrogen and oxygen atoms in total. The Hall–Kier alpha value is -1.53. The van der Waals surface area contributed by atoms with Gasteiger partial charge in [0, 0.05) is 16.4 Å². The molecule has 21 heavy (non-hydrogen) atoms. The van der Waals surface area contributed by atoms with Crippen LogP contribution in [0.2, 0.25) is 0 Å². The number of nitrogens with two attached hydrogens (primary N) is 1. The van der Waals surface area contributed by atoms with E-state index in [9.17, 15) is 0 Å². The van der Waals surface area contributed by atoms with E-state index in [-0.39, 0.29) is 0 Å². The zero-order valence-electron chi connectivity index (χ0n) is 11.3. The van der Waals surface area contributed by atoms with Gasteiger partial charge in [-0.05, 0) is 59.3 Å². The molecule has 0 unspecified atom stereocenters. The molecule has 0 atom stereocenters. The van der Waals surface area contributed by atoms with Gasteiger partial charge in [0.25, 0.3) is 0 Å². The summed E-state index contributed by atoms with van der Waals surface area (Å²) in [5, 5.41) is 0. The van der Waals surface area contributed by atoms with Gasteiger partial charge in [-0.15, -0.1) is 0 Å². The number of thiocarbonyl (C=S) groups is 1. The van der Waals surface area contributed by atoms with Crippen LogP contribution >= 0.6 is 28.1 Å². The number of aromatic nitrogens is 2. The minimum absolute atomic E-state index is 0.300. The van der Waals surface area contributed by atoms with Crippen molar-refractivity contribution >= 4 is 33.1 Å². The lowest BCUT2D eigenvalue weighted by Crippen LogP contribution is -2.15. The largest absolute Gasteiger partial charge is 0.437 e. The van der Waals surface area contributed by atoms with Crippen molar-refractivity contribution in [3.05, 3.63) is 45.8 Å². The molecule has 2 heterocycles. The van der Waals surface area contributed by atoms with E-state index < -0.39 is 0 Å². The van der Waals surface area contributed by atoms with Gasteiger partial charge in [0.15, 0.2) is 0 Å². The average molecular weight is 364 g/mol. The van der Waals surface area contributed by atoms with Gasteiger partial charge in [0.05, 0.1) is 11.8 Å². The Morgan fingerprint density at radius 1 is 1.24 bits per heavy atom. The van der Waals surface area contributed by atoms with Gasteiger partial charge >= 0.3 is 0 Å². The third kappa shape index (κ3) is 3.22. The third-order valence-electron chi connectivity index (χ3n) is 3.43. The van der Waals surface area contributed by atoms with Crippen LogP contribution in [-0.2, 0) is 12.8 Å². The molecular weight excluding hydrogens is 350 g/mol. The van der Waals surface area contributed by atoms with Crippen molar-refractivity contribution in [1.29, 1.82) is 0 Å². The molecule has 0 bridgehead atoms. The number of rotatable bonds is 3. The molecule has 0 amide bonds. The van der Waals surface area contributed by atoms with Gasteiger partial charge < -0.3 is 10.5 Å². The number of hydrogen-bond acceptors (Lipinski definition) is 4. The van der Waals surface area contributed by atoms with Crippen LogP contribution in [0.3, 0.4) is 0 Å². The first-order valence-electron chi connectivity index (χ1n) is 6.74. The zero-order valence-corrected chi connectivity index (χ0v) is 13.7. The van der Waals surface area contributed by atoms with Gasteiger partial charge in [-0.25, -0.2) is 4.98 Å². The van der Waals surface area contributed by atoms with Gasteiger partial charge in [0.2, 0.25) is 5.88 Å². The SMILES string of the molecule is NC(=S)c1cc2c(nc1Oc1cncc(Br)c1)CCCC2. The predicted molar refractivity (Wildman–Crippen MR) is 88.8 cm³/mol. The molecule has 3 rings (SSSR count). The summed E-state index contributed by atoms with van der Waals surface area (Å²) in [6.45, 7) is 0. The Kier molecular flexibility index (Phi) is 4.17. The molecule has 2 aromatic rings. The molecule has 0 fully saturated rings. The summed E-state index contributed by atoms with van der Waals surface area (Å²) < 4.78 is 6.69. The van der Waals surface area contributed by atoms with Crippen LogP contribution in [0.5, 0.6) is 11.6 Å². The highest BCUT2D eigenvalue weighted by atomic mass is 79.9. The molecule has 0 radical (unpaired) electrons. The number of aryl methyl sites for hydroxylation is 2. The van der Waals surface area contributed by atoms with Crippen molar-refractivity contribution in [2.24, 2.45) is 5.73 Å². The molecule has 1 aliphatic carbocycles. The van der Waals surface area contributed by atoms with Crippen LogP contribution in [0, 0.1) is 0 Å². The normalized spacial score (nSPS) is 13.6. The zero-order chi connectivity index (χ0) is 14.8. The van der Waals surface area contributed by atoms with E-state index in [1.54, 1.807) is 12.4 Å². The highest BCUT2D eigenvalue weighted by Gasteiger charge is 2.18. The van der Waals surface area contributed by atoms with Crippen molar-refractivity contribution in [3.63, 3.8) is 0 Å². The fourth-order valence-electron chi connectivity index (χ4n) is 2.43. The van der Waals surface area contributed by atoms with E-state index >= 15 is 0 Å². The van der Waals surface area contributed by atoms with E-state index in [2.05, 4.69) is 25.9 Å². The molecule has 1 aliphatic rings. The van der Waals surface area contributed by atoms with Crippen LogP contribution in [-0.4, -0.2) is 15.0 Å². The maximum atomic E-state index is 5.85. The van der Waals surface area contributed by atoms with E-state index in [4.69, 9.17) is 22.7 Å². The van der Waals surface area contributed by atoms with Gasteiger partial charge in [-0.3, -0.25) is 4.98 Å². The molecule has 0 saturated carbocycles. The number of hydrogen-bond donors (Lipinski definition) is 1. The first-order valence-corrected chi connectivity index (χ1v) is 7.94. The quantitative estimate of drug-likeness (QED) is 0.844. The summed E-state index contributed by atoms with van der Waals surface area (Å²) in [6, 6.07) is 3.85. The Labute approximate surface area is 136 Å². The second-order valence-corrected chi connectivity index (χ2v) is 6.31. The Balaban J connectivity index is 2.01. The van der Waals surface area contributed by atoms with E-state index in [0.717, 1.165) is 29.4 Å². The highest BCUT2D eigenvalue weighted by Crippen LogP contribution is 2.29. The van der Waals surface area contributed by atoms with Crippen molar-refractivity contribution in [1.82, 2.24) is 9.97 Å². The average Bonchev–Trinajstić information content (AvgIpc) is 2.46. The summed E-state index contributed by atoms with van der Waals surface area (Å²) >= 11 is 8.50. The Bertz CT molecular complexity index is 705. The van der Waals surface area contributed by atoms with Crippen LogP contribution in [0.15, 0.2) is 29.0 Å². The van der Waals surface area contributed by atoms with Crippen molar-refractivity contribution in [3.8, 4) is 11.6 Å². The fourth-order valence-corrected chi connectivity index (χ4v) is 2.92. The number of fused-ring (bicyclic) bond motifs is 1. The highest BCUT2D eigenvalue weighted by molar-refractivity contribution is 9.10. The Morgan fingerprint density at radius 2 is 2.05 bits per heavy atom. The molecule has 6 heteroatoms. The maximum absolute atomic E-state index is 5.85. The summed E-state index contributed by atoms with van der Waals surface area (Å²) in [5.41, 5.74) is 8.81. The molecule has 0 aromatic carbocycles. The maximum Gasteiger partial charge on any atom is 0.229 e. The van der Waals surface area contributed by atoms with Crippen LogP contribution in [0.25, 0.3) is 0 Å². The van der Waals surface area contributed by atoms with Crippen molar-refractivity contribution < 1.29 is 4.74 Å². The smallest absolute Gasteiger partial charge is 0.229 e. The summed E-state index contributed by atoms with van der Waals surface area (Å²) in [6.07, 6.45) is 7.67. The monoisotopic (exact) mass is 363 g/mol. The number of ether oxygens (including phenoxy) is 1. The fraction of sp³-hybridized carbons (Fsp3) is 0.267. The van der Waals surface area contributed by atoms with Crippen molar-refractivity contribution in [2.45, 2.75) is 25.7 Å². The first kappa shape index (κ1) is 14.4. The first-order chi connectivity index (χ1) is 10.1. The topological polar surface area (TPSA) is 61.0 Å². The van der Waals surface area contributed by atoms with E-state index in [1.807, 2.05) is 12.1 Å². The van der Waals surface area contributed by atoms with E-state index in [1.165, 1.54) is 12.0 Å². The lowest BCUT2D eigenvalue weighted by Gasteiger charge is -2.18. The summed E-state index contributed by atoms with van der Waals surface area (Å²) in [4.78, 5) is 9.01. The molecule has 2 aromatic heterocycles. The van der Waals surface area contributed by atoms with Gasteiger partial charge in [-0.2, -0.15) is 0 Å². The predicted octanol–water partition coefficient (Wildman–Crippen LogP) is 3.54.